The topological polar surface area (TPSA) is 110 Å². The molecule has 8 nitrogen and oxygen atoms in total. The summed E-state index contributed by atoms with van der Waals surface area (Å²) in [5.74, 6) is -1.30. The first-order chi connectivity index (χ1) is 15.1. The molecule has 0 atom stereocenters. The summed E-state index contributed by atoms with van der Waals surface area (Å²) in [5, 5.41) is 8.55. The van der Waals surface area contributed by atoms with Crippen molar-refractivity contribution < 1.29 is 32.6 Å². The molecule has 0 bridgehead atoms. The van der Waals surface area contributed by atoms with Crippen LogP contribution in [-0.2, 0) is 19.4 Å². The number of sulfone groups is 1. The van der Waals surface area contributed by atoms with Crippen molar-refractivity contribution in [1.29, 1.82) is 0 Å². The Bertz CT molecular complexity index is 1130. The minimum absolute atomic E-state index is 0.0828. The van der Waals surface area contributed by atoms with Gasteiger partial charge in [0.05, 0.1) is 28.9 Å². The lowest BCUT2D eigenvalue weighted by Gasteiger charge is -2.28. The number of rotatable bonds is 7. The van der Waals surface area contributed by atoms with Crippen molar-refractivity contribution in [2.75, 3.05) is 32.9 Å². The molecule has 1 amide bonds. The van der Waals surface area contributed by atoms with E-state index in [0.717, 1.165) is 0 Å². The molecule has 0 saturated carbocycles. The Morgan fingerprint density at radius 1 is 1.16 bits per heavy atom. The average Bonchev–Trinajstić information content (AvgIpc) is 2.77. The molecule has 0 spiro atoms. The first-order valence-corrected chi connectivity index (χ1v) is 11.9. The summed E-state index contributed by atoms with van der Waals surface area (Å²) >= 11 is 6.13. The summed E-state index contributed by atoms with van der Waals surface area (Å²) < 4.78 is 37.0. The molecule has 1 saturated heterocycles. The van der Waals surface area contributed by atoms with Crippen LogP contribution in [0.5, 0.6) is 5.75 Å². The van der Waals surface area contributed by atoms with Crippen molar-refractivity contribution in [2.24, 2.45) is 0 Å². The van der Waals surface area contributed by atoms with Crippen molar-refractivity contribution in [2.45, 2.75) is 24.0 Å². The summed E-state index contributed by atoms with van der Waals surface area (Å²) in [4.78, 5) is 25.5. The van der Waals surface area contributed by atoms with Gasteiger partial charge in [-0.05, 0) is 49.7 Å². The van der Waals surface area contributed by atoms with Crippen LogP contribution in [0.1, 0.15) is 24.2 Å². The fourth-order valence-corrected chi connectivity index (χ4v) is 4.72. The summed E-state index contributed by atoms with van der Waals surface area (Å²) in [5.41, 5.74) is 0.939. The number of carbonyl (C=O) groups is 2. The molecule has 1 heterocycles. The molecule has 172 valence electrons. The highest BCUT2D eigenvalue weighted by molar-refractivity contribution is 7.92. The predicted octanol–water partition coefficient (Wildman–Crippen LogP) is 3.12. The zero-order valence-electron chi connectivity index (χ0n) is 17.7. The number of nitrogens with zero attached hydrogens (tertiary/aromatic N) is 1. The molecule has 0 unspecified atom stereocenters. The average molecular weight is 482 g/mol. The monoisotopic (exact) mass is 481 g/mol. The molecule has 1 aliphatic heterocycles. The molecule has 1 aliphatic rings. The van der Waals surface area contributed by atoms with Gasteiger partial charge < -0.3 is 19.5 Å². The van der Waals surface area contributed by atoms with Crippen molar-refractivity contribution in [3.8, 4) is 16.9 Å². The molecule has 32 heavy (non-hydrogen) atoms. The van der Waals surface area contributed by atoms with E-state index in [1.807, 2.05) is 0 Å². The second-order valence-corrected chi connectivity index (χ2v) is 10.4. The molecule has 2 aromatic carbocycles. The van der Waals surface area contributed by atoms with Gasteiger partial charge in [0.1, 0.15) is 5.75 Å². The highest BCUT2D eigenvalue weighted by Gasteiger charge is 2.29. The van der Waals surface area contributed by atoms with E-state index in [2.05, 4.69) is 0 Å². The van der Waals surface area contributed by atoms with E-state index in [-0.39, 0.29) is 22.1 Å². The Morgan fingerprint density at radius 3 is 2.47 bits per heavy atom. The van der Waals surface area contributed by atoms with Crippen LogP contribution in [0.3, 0.4) is 0 Å². The van der Waals surface area contributed by atoms with E-state index in [0.29, 0.717) is 42.5 Å². The second kappa shape index (κ2) is 9.89. The van der Waals surface area contributed by atoms with E-state index in [4.69, 9.17) is 26.2 Å². The summed E-state index contributed by atoms with van der Waals surface area (Å²) in [6.45, 7) is 4.06. The number of carboxylic acids is 1. The number of carbonyl (C=O) groups excluding carboxylic acids is 1. The molecule has 2 aromatic rings. The van der Waals surface area contributed by atoms with Crippen LogP contribution >= 0.6 is 11.6 Å². The second-order valence-electron chi connectivity index (χ2n) is 7.53. The maximum atomic E-state index is 13.2. The van der Waals surface area contributed by atoms with Crippen molar-refractivity contribution in [1.82, 2.24) is 4.90 Å². The van der Waals surface area contributed by atoms with Gasteiger partial charge in [-0.15, -0.1) is 0 Å². The number of hydrogen-bond acceptors (Lipinski definition) is 6. The van der Waals surface area contributed by atoms with E-state index < -0.39 is 27.7 Å². The van der Waals surface area contributed by atoms with Crippen molar-refractivity contribution in [3.63, 3.8) is 0 Å². The third-order valence-electron chi connectivity index (χ3n) is 5.04. The molecule has 0 aromatic heterocycles. The van der Waals surface area contributed by atoms with Crippen LogP contribution in [0.25, 0.3) is 11.1 Å². The van der Waals surface area contributed by atoms with E-state index in [1.54, 1.807) is 36.9 Å². The van der Waals surface area contributed by atoms with Crippen molar-refractivity contribution >= 4 is 33.3 Å². The largest absolute Gasteiger partial charge is 0.481 e. The Kier molecular flexibility index (Phi) is 7.43. The van der Waals surface area contributed by atoms with Crippen LogP contribution in [0, 0.1) is 0 Å². The number of halogens is 1. The van der Waals surface area contributed by atoms with Gasteiger partial charge in [-0.1, -0.05) is 17.7 Å². The Morgan fingerprint density at radius 2 is 1.84 bits per heavy atom. The van der Waals surface area contributed by atoms with Crippen LogP contribution in [-0.4, -0.2) is 68.5 Å². The highest BCUT2D eigenvalue weighted by Crippen LogP contribution is 2.35. The zero-order chi connectivity index (χ0) is 23.5. The van der Waals surface area contributed by atoms with Gasteiger partial charge in [0.25, 0.3) is 5.91 Å². The Hall–Kier alpha value is -2.62. The third kappa shape index (κ3) is 5.23. The minimum atomic E-state index is -3.82. The van der Waals surface area contributed by atoms with Crippen LogP contribution in [0.4, 0.5) is 0 Å². The molecular weight excluding hydrogens is 458 g/mol. The molecule has 1 fully saturated rings. The van der Waals surface area contributed by atoms with Crippen LogP contribution < -0.4 is 4.74 Å². The normalized spacial score (nSPS) is 14.4. The fraction of sp³-hybridized carbons (Fsp3) is 0.364. The highest BCUT2D eigenvalue weighted by atomic mass is 35.5. The van der Waals surface area contributed by atoms with E-state index in [1.165, 1.54) is 18.2 Å². The lowest BCUT2D eigenvalue weighted by Crippen LogP contribution is -2.41. The van der Waals surface area contributed by atoms with Gasteiger partial charge in [-0.3, -0.25) is 4.79 Å². The van der Waals surface area contributed by atoms with Crippen LogP contribution in [0.2, 0.25) is 5.02 Å². The number of carboxylic acid groups (broad SMARTS) is 1. The van der Waals surface area contributed by atoms with E-state index in [9.17, 15) is 18.0 Å². The van der Waals surface area contributed by atoms with Crippen LogP contribution in [0.15, 0.2) is 41.3 Å². The van der Waals surface area contributed by atoms with Gasteiger partial charge in [0.15, 0.2) is 16.4 Å². The lowest BCUT2D eigenvalue weighted by molar-refractivity contribution is -0.139. The smallest absolute Gasteiger partial charge is 0.341 e. The third-order valence-corrected chi connectivity index (χ3v) is 7.47. The summed E-state index contributed by atoms with van der Waals surface area (Å²) in [7, 11) is -3.82. The summed E-state index contributed by atoms with van der Waals surface area (Å²) in [6.07, 6.45) is 0. The molecule has 0 aliphatic carbocycles. The molecule has 1 N–H and O–H groups in total. The van der Waals surface area contributed by atoms with Gasteiger partial charge in [-0.2, -0.15) is 0 Å². The van der Waals surface area contributed by atoms with Crippen molar-refractivity contribution in [3.05, 3.63) is 47.0 Å². The first kappa shape index (κ1) is 24.0. The first-order valence-electron chi connectivity index (χ1n) is 10.0. The molecule has 0 radical (unpaired) electrons. The fourth-order valence-electron chi connectivity index (χ4n) is 3.29. The number of aliphatic carboxylic acids is 1. The lowest BCUT2D eigenvalue weighted by atomic mass is 10.0. The Balaban J connectivity index is 2.13. The summed E-state index contributed by atoms with van der Waals surface area (Å²) in [6, 6.07) is 9.12. The van der Waals surface area contributed by atoms with Gasteiger partial charge in [-0.25, -0.2) is 13.2 Å². The SMILES string of the molecule is CC(C)S(=O)(=O)c1cc(-c2cc(Cl)ccc2OCC(=O)O)ccc1C(=O)N1CCOCC1. The van der Waals surface area contributed by atoms with Gasteiger partial charge in [0, 0.05) is 23.7 Å². The Labute approximate surface area is 191 Å². The molecule has 3 rings (SSSR count). The number of hydrogen-bond donors (Lipinski definition) is 1. The van der Waals surface area contributed by atoms with E-state index >= 15 is 0 Å². The minimum Gasteiger partial charge on any atom is -0.481 e. The number of benzene rings is 2. The van der Waals surface area contributed by atoms with Gasteiger partial charge >= 0.3 is 5.97 Å². The number of morpholine rings is 1. The number of ether oxygens (including phenoxy) is 2. The maximum absolute atomic E-state index is 13.2. The number of amides is 1. The molecule has 10 heteroatoms. The maximum Gasteiger partial charge on any atom is 0.341 e. The zero-order valence-corrected chi connectivity index (χ0v) is 19.3. The molecular formula is C22H24ClNO7S. The standard InChI is InChI=1S/C22H24ClNO7S/c1-14(2)32(28,29)20-11-15(3-5-17(20)22(27)24-7-9-30-10-8-24)18-12-16(23)4-6-19(18)31-13-21(25)26/h3-6,11-12,14H,7-10,13H2,1-2H3,(H,25,26). The quantitative estimate of drug-likeness (QED) is 0.646. The predicted molar refractivity (Wildman–Crippen MR) is 119 cm³/mol. The van der Waals surface area contributed by atoms with Gasteiger partial charge in [0.2, 0.25) is 0 Å².